The molecule has 0 N–H and O–H groups in total. The zero-order valence-corrected chi connectivity index (χ0v) is 15.9. The fourth-order valence-corrected chi connectivity index (χ4v) is 15.4. The van der Waals surface area contributed by atoms with Gasteiger partial charge in [0.05, 0.1) is 0 Å². The summed E-state index contributed by atoms with van der Waals surface area (Å²) in [5.74, 6) is -23.7. The Morgan fingerprint density at radius 2 is 1.09 bits per heavy atom. The molecule has 2 rings (SSSR count). The minimum absolute atomic E-state index is 2.18. The van der Waals surface area contributed by atoms with Gasteiger partial charge in [0.1, 0.15) is 13.2 Å². The highest BCUT2D eigenvalue weighted by Gasteiger charge is 2.73. The third-order valence-corrected chi connectivity index (χ3v) is 13.5. The maximum Gasteiger partial charge on any atom is 0.376 e. The van der Waals surface area contributed by atoms with Crippen LogP contribution in [0.1, 0.15) is 0 Å². The molecule has 0 bridgehead atoms. The molecule has 2 aliphatic heterocycles. The normalized spacial score (nSPS) is 32.6. The van der Waals surface area contributed by atoms with Crippen LogP contribution in [-0.4, -0.2) is 31.0 Å². The molecule has 0 aromatic heterocycles. The van der Waals surface area contributed by atoms with Gasteiger partial charge in [0.15, 0.2) is 0 Å². The molecule has 136 valence electrons. The van der Waals surface area contributed by atoms with Gasteiger partial charge in [-0.3, -0.25) is 9.05 Å². The number of rotatable bonds is 0. The summed E-state index contributed by atoms with van der Waals surface area (Å²) in [5.41, 5.74) is 0. The lowest BCUT2D eigenvalue weighted by atomic mass is 10.1. The quantitative estimate of drug-likeness (QED) is 0.259. The first-order valence-electron chi connectivity index (χ1n) is 5.16. The van der Waals surface area contributed by atoms with Gasteiger partial charge >= 0.3 is 25.4 Å². The lowest BCUT2D eigenvalue weighted by molar-refractivity contribution is -0.325. The predicted octanol–water partition coefficient (Wildman–Crippen LogP) is 7.75. The molecule has 0 aromatic rings. The highest BCUT2D eigenvalue weighted by atomic mass is 35.9. The summed E-state index contributed by atoms with van der Waals surface area (Å²) in [5, 5.41) is 0. The van der Waals surface area contributed by atoms with Gasteiger partial charge in [0.2, 0.25) is 0 Å². The molecule has 0 amide bonds. The Bertz CT molecular complexity index is 655. The van der Waals surface area contributed by atoms with Crippen molar-refractivity contribution in [2.75, 3.05) is 13.2 Å². The first-order chi connectivity index (χ1) is 10.0. The van der Waals surface area contributed by atoms with Gasteiger partial charge in [0.25, 0.3) is 11.8 Å². The second-order valence-corrected chi connectivity index (χ2v) is 16.4. The van der Waals surface area contributed by atoms with Crippen molar-refractivity contribution in [1.82, 2.24) is 0 Å². The third kappa shape index (κ3) is 4.04. The Morgan fingerprint density at radius 1 is 0.696 bits per heavy atom. The monoisotopic (exact) mass is 485 g/mol. The number of hydrogen-bond acceptors (Lipinski definition) is 5. The highest BCUT2D eigenvalue weighted by Crippen LogP contribution is 2.86. The van der Waals surface area contributed by atoms with E-state index < -0.39 is 50.5 Å². The van der Waals surface area contributed by atoms with Crippen LogP contribution in [0, 0.1) is 0 Å². The van der Waals surface area contributed by atoms with Crippen molar-refractivity contribution in [3.8, 4) is 0 Å². The summed E-state index contributed by atoms with van der Waals surface area (Å²) in [6.45, 7) is -4.37. The lowest BCUT2D eigenvalue weighted by Gasteiger charge is -2.37. The average molecular weight is 487 g/mol. The Hall–Kier alpha value is 1.35. The van der Waals surface area contributed by atoms with E-state index in [1.807, 2.05) is 0 Å². The van der Waals surface area contributed by atoms with Crippen molar-refractivity contribution in [3.63, 3.8) is 0 Å². The maximum atomic E-state index is 13.4. The Balaban J connectivity index is 2.57. The highest BCUT2D eigenvalue weighted by molar-refractivity contribution is 8.20. The van der Waals surface area contributed by atoms with E-state index in [1.165, 1.54) is 0 Å². The van der Waals surface area contributed by atoms with E-state index in [0.29, 0.717) is 0 Å². The summed E-state index contributed by atoms with van der Waals surface area (Å²) in [6.07, 6.45) is 0. The van der Waals surface area contributed by atoms with Gasteiger partial charge in [0, 0.05) is 0 Å². The molecule has 18 heteroatoms. The van der Waals surface area contributed by atoms with Gasteiger partial charge in [-0.25, -0.2) is 0 Å². The van der Waals surface area contributed by atoms with Gasteiger partial charge < -0.3 is 0 Å². The van der Waals surface area contributed by atoms with Gasteiger partial charge in [-0.05, 0) is 45.0 Å². The zero-order chi connectivity index (χ0) is 17.9. The summed E-state index contributed by atoms with van der Waals surface area (Å²) in [4.78, 5) is 0. The SMILES string of the molecule is FC1(F)COP2(=NP(Cl)(Cl)=NP(Cl)(Cl)=N2)OCC(F)(F)C1(F)F. The fourth-order valence-electron chi connectivity index (χ4n) is 1.37. The van der Waals surface area contributed by atoms with Gasteiger partial charge in [-0.15, -0.1) is 0 Å². The van der Waals surface area contributed by atoms with Crippen molar-refractivity contribution in [2.45, 2.75) is 17.8 Å². The molecule has 0 aromatic carbocycles. The molecule has 1 fully saturated rings. The molecule has 2 aliphatic rings. The van der Waals surface area contributed by atoms with Crippen molar-refractivity contribution < 1.29 is 35.4 Å². The minimum atomic E-state index is -5.73. The molecule has 23 heavy (non-hydrogen) atoms. The van der Waals surface area contributed by atoms with Crippen molar-refractivity contribution in [3.05, 3.63) is 0 Å². The predicted molar refractivity (Wildman–Crippen MR) is 78.2 cm³/mol. The molecule has 1 spiro atoms. The molecule has 5 nitrogen and oxygen atoms in total. The lowest BCUT2D eigenvalue weighted by Crippen LogP contribution is -2.58. The molecule has 0 unspecified atom stereocenters. The van der Waals surface area contributed by atoms with Crippen LogP contribution in [-0.2, 0) is 9.05 Å². The second kappa shape index (κ2) is 5.93. The first kappa shape index (κ1) is 20.7. The van der Waals surface area contributed by atoms with Crippen LogP contribution in [0.2, 0.25) is 0 Å². The standard InChI is InChI=1S/C5H4Cl4F6N3O2P3/c6-21(7)16-22(8,9)18-23(17-21)19-1-3(10,11)5(14,15)4(12,13)2-20-23/h1-2H2. The maximum absolute atomic E-state index is 13.4. The van der Waals surface area contributed by atoms with Gasteiger partial charge in [-0.1, -0.05) is 0 Å². The smallest absolute Gasteiger partial charge is 0.300 e. The third-order valence-electron chi connectivity index (χ3n) is 2.40. The molecule has 2 heterocycles. The van der Waals surface area contributed by atoms with Crippen LogP contribution in [0.15, 0.2) is 13.5 Å². The molecule has 0 saturated carbocycles. The molecule has 0 aliphatic carbocycles. The minimum Gasteiger partial charge on any atom is -0.300 e. The number of hydrogen-bond donors (Lipinski definition) is 0. The number of halogens is 10. The van der Waals surface area contributed by atoms with E-state index in [1.54, 1.807) is 0 Å². The summed E-state index contributed by atoms with van der Waals surface area (Å²) < 4.78 is 99.4. The van der Waals surface area contributed by atoms with E-state index in [-0.39, 0.29) is 0 Å². The second-order valence-electron chi connectivity index (χ2n) is 4.20. The van der Waals surface area contributed by atoms with Gasteiger partial charge in [-0.2, -0.15) is 39.9 Å². The average Bonchev–Trinajstić information content (AvgIpc) is 2.29. The van der Waals surface area contributed by atoms with E-state index in [4.69, 9.17) is 45.0 Å². The zero-order valence-electron chi connectivity index (χ0n) is 10.2. The van der Waals surface area contributed by atoms with Crippen LogP contribution in [0.4, 0.5) is 26.3 Å². The summed E-state index contributed by atoms with van der Waals surface area (Å²) in [7, 11) is -4.38. The van der Waals surface area contributed by atoms with Crippen LogP contribution in [0.25, 0.3) is 0 Å². The van der Waals surface area contributed by atoms with Crippen molar-refractivity contribution >= 4 is 64.4 Å². The molecule has 0 atom stereocenters. The number of alkyl halides is 6. The van der Waals surface area contributed by atoms with Crippen LogP contribution < -0.4 is 0 Å². The van der Waals surface area contributed by atoms with Crippen molar-refractivity contribution in [1.29, 1.82) is 0 Å². The van der Waals surface area contributed by atoms with E-state index in [0.717, 1.165) is 0 Å². The molecular formula is C5H4Cl4F6N3O2P3. The Kier molecular flexibility index (Phi) is 5.33. The summed E-state index contributed by atoms with van der Waals surface area (Å²) in [6, 6.07) is 0. The Labute approximate surface area is 144 Å². The number of nitrogens with zero attached hydrogens (tertiary/aromatic N) is 3. The fraction of sp³-hybridized carbons (Fsp3) is 1.00. The van der Waals surface area contributed by atoms with E-state index >= 15 is 0 Å². The van der Waals surface area contributed by atoms with E-state index in [9.17, 15) is 26.3 Å². The molecule has 0 radical (unpaired) electrons. The van der Waals surface area contributed by atoms with Crippen LogP contribution in [0.5, 0.6) is 0 Å². The molecular weight excluding hydrogens is 483 g/mol. The van der Waals surface area contributed by atoms with Crippen LogP contribution >= 0.6 is 64.4 Å². The van der Waals surface area contributed by atoms with E-state index in [2.05, 4.69) is 22.6 Å². The topological polar surface area (TPSA) is 55.5 Å². The first-order valence-corrected chi connectivity index (χ1v) is 13.7. The summed E-state index contributed by atoms with van der Waals surface area (Å²) >= 11 is 22.6. The Morgan fingerprint density at radius 3 is 1.48 bits per heavy atom. The van der Waals surface area contributed by atoms with Crippen LogP contribution in [0.3, 0.4) is 0 Å². The largest absolute Gasteiger partial charge is 0.376 e. The van der Waals surface area contributed by atoms with Crippen molar-refractivity contribution in [2.24, 2.45) is 13.5 Å². The molecule has 1 saturated heterocycles.